The molecule has 1 aromatic heterocycles. The number of nitrogens with two attached hydrogens (primary N) is 1. The van der Waals surface area contributed by atoms with Gasteiger partial charge in [0.25, 0.3) is 0 Å². The fourth-order valence-electron chi connectivity index (χ4n) is 2.40. The lowest BCUT2D eigenvalue weighted by Crippen LogP contribution is -2.23. The van der Waals surface area contributed by atoms with E-state index in [1.807, 2.05) is 42.8 Å². The second kappa shape index (κ2) is 6.98. The number of nitrogens with one attached hydrogen (secondary N) is 1. The van der Waals surface area contributed by atoms with Crippen LogP contribution in [0, 0.1) is 0 Å². The Kier molecular flexibility index (Phi) is 4.76. The summed E-state index contributed by atoms with van der Waals surface area (Å²) in [7, 11) is 1.94. The van der Waals surface area contributed by atoms with E-state index in [4.69, 9.17) is 5.73 Å². The molecular weight excluding hydrogens is 336 g/mol. The Morgan fingerprint density at radius 1 is 1.16 bits per heavy atom. The zero-order valence-corrected chi connectivity index (χ0v) is 14.7. The molecule has 0 aliphatic heterocycles. The van der Waals surface area contributed by atoms with Crippen molar-refractivity contribution in [2.24, 2.45) is 12.8 Å². The normalized spacial score (nSPS) is 12.1. The van der Waals surface area contributed by atoms with Gasteiger partial charge in [0.05, 0.1) is 16.3 Å². The van der Waals surface area contributed by atoms with Gasteiger partial charge in [-0.2, -0.15) is 0 Å². The summed E-state index contributed by atoms with van der Waals surface area (Å²) in [5.41, 5.74) is 8.16. The third-order valence-corrected chi connectivity index (χ3v) is 4.98. The molecule has 1 unspecified atom stereocenters. The number of hydrogen-bond acceptors (Lipinski definition) is 4. The van der Waals surface area contributed by atoms with Crippen LogP contribution in [0.5, 0.6) is 0 Å². The third kappa shape index (κ3) is 3.66. The summed E-state index contributed by atoms with van der Waals surface area (Å²) in [4.78, 5) is 28.0. The number of rotatable bonds is 5. The molecule has 6 nitrogen and oxygen atoms in total. The van der Waals surface area contributed by atoms with Crippen molar-refractivity contribution in [3.63, 3.8) is 0 Å². The molecule has 3 rings (SSSR count). The molecule has 7 heteroatoms. The zero-order chi connectivity index (χ0) is 18.0. The first-order chi connectivity index (χ1) is 12.0. The van der Waals surface area contributed by atoms with Gasteiger partial charge in [-0.1, -0.05) is 23.9 Å². The molecule has 0 fully saturated rings. The van der Waals surface area contributed by atoms with Crippen molar-refractivity contribution >= 4 is 40.3 Å². The lowest BCUT2D eigenvalue weighted by atomic mass is 10.2. The van der Waals surface area contributed by atoms with Crippen LogP contribution < -0.4 is 11.1 Å². The average molecular weight is 354 g/mol. The summed E-state index contributed by atoms with van der Waals surface area (Å²) in [5.74, 6) is -0.632. The lowest BCUT2D eigenvalue weighted by Gasteiger charge is -2.12. The monoisotopic (exact) mass is 354 g/mol. The molecule has 0 saturated carbocycles. The summed E-state index contributed by atoms with van der Waals surface area (Å²) in [5, 5.41) is 3.29. The van der Waals surface area contributed by atoms with Gasteiger partial charge in [0.2, 0.25) is 11.8 Å². The molecule has 3 aromatic rings. The number of amides is 2. The lowest BCUT2D eigenvalue weighted by molar-refractivity contribution is -0.115. The van der Waals surface area contributed by atoms with Gasteiger partial charge in [0, 0.05) is 18.3 Å². The van der Waals surface area contributed by atoms with Crippen molar-refractivity contribution < 1.29 is 9.59 Å². The summed E-state index contributed by atoms with van der Waals surface area (Å²) >= 11 is 1.40. The molecule has 2 aromatic carbocycles. The molecule has 25 heavy (non-hydrogen) atoms. The van der Waals surface area contributed by atoms with E-state index in [0.717, 1.165) is 16.2 Å². The second-order valence-corrected chi connectivity index (χ2v) is 6.94. The van der Waals surface area contributed by atoms with Gasteiger partial charge in [-0.15, -0.1) is 0 Å². The van der Waals surface area contributed by atoms with Crippen molar-refractivity contribution in [1.82, 2.24) is 9.55 Å². The number of nitrogens with zero attached hydrogens (tertiary/aromatic N) is 2. The molecule has 0 aliphatic rings. The van der Waals surface area contributed by atoms with E-state index in [9.17, 15) is 9.59 Å². The Bertz CT molecular complexity index is 934. The molecule has 0 aliphatic carbocycles. The Morgan fingerprint density at radius 3 is 2.48 bits per heavy atom. The third-order valence-electron chi connectivity index (χ3n) is 3.83. The smallest absolute Gasteiger partial charge is 0.248 e. The van der Waals surface area contributed by atoms with E-state index < -0.39 is 5.91 Å². The first-order valence-corrected chi connectivity index (χ1v) is 8.62. The van der Waals surface area contributed by atoms with E-state index in [1.54, 1.807) is 24.3 Å². The number of anilines is 1. The highest BCUT2D eigenvalue weighted by Gasteiger charge is 2.18. The number of carbonyl (C=O) groups excluding carboxylic acids is 2. The highest BCUT2D eigenvalue weighted by molar-refractivity contribution is 8.00. The quantitative estimate of drug-likeness (QED) is 0.690. The molecule has 0 spiro atoms. The molecule has 2 amide bonds. The van der Waals surface area contributed by atoms with E-state index in [0.29, 0.717) is 11.3 Å². The number of aryl methyl sites for hydroxylation is 1. The van der Waals surface area contributed by atoms with Gasteiger partial charge in [0.15, 0.2) is 5.16 Å². The fourth-order valence-corrected chi connectivity index (χ4v) is 3.29. The Balaban J connectivity index is 1.69. The Morgan fingerprint density at radius 2 is 1.84 bits per heavy atom. The number of thioether (sulfide) groups is 1. The van der Waals surface area contributed by atoms with Gasteiger partial charge < -0.3 is 15.6 Å². The van der Waals surface area contributed by atoms with Gasteiger partial charge in [-0.3, -0.25) is 9.59 Å². The topological polar surface area (TPSA) is 90.0 Å². The van der Waals surface area contributed by atoms with Gasteiger partial charge >= 0.3 is 0 Å². The first-order valence-electron chi connectivity index (χ1n) is 7.74. The predicted octanol–water partition coefficient (Wildman–Crippen LogP) is 2.79. The van der Waals surface area contributed by atoms with Gasteiger partial charge in [0.1, 0.15) is 0 Å². The maximum absolute atomic E-state index is 12.4. The number of imidazole rings is 1. The van der Waals surface area contributed by atoms with Crippen LogP contribution in [0.2, 0.25) is 0 Å². The number of benzene rings is 2. The molecule has 1 atom stereocenters. The maximum atomic E-state index is 12.4. The second-order valence-electron chi connectivity index (χ2n) is 5.63. The Labute approximate surface area is 149 Å². The maximum Gasteiger partial charge on any atom is 0.248 e. The van der Waals surface area contributed by atoms with Crippen molar-refractivity contribution in [1.29, 1.82) is 0 Å². The van der Waals surface area contributed by atoms with Crippen LogP contribution >= 0.6 is 11.8 Å². The minimum Gasteiger partial charge on any atom is -0.366 e. The van der Waals surface area contributed by atoms with Crippen molar-refractivity contribution in [3.05, 3.63) is 54.1 Å². The molecular formula is C18H18N4O2S. The molecule has 128 valence electrons. The highest BCUT2D eigenvalue weighted by Crippen LogP contribution is 2.26. The predicted molar refractivity (Wildman–Crippen MR) is 99.6 cm³/mol. The van der Waals surface area contributed by atoms with Crippen LogP contribution in [0.1, 0.15) is 17.3 Å². The van der Waals surface area contributed by atoms with Crippen LogP contribution in [-0.2, 0) is 11.8 Å². The van der Waals surface area contributed by atoms with E-state index in [2.05, 4.69) is 10.3 Å². The number of aromatic nitrogens is 2. The summed E-state index contributed by atoms with van der Waals surface area (Å²) in [6.45, 7) is 1.83. The van der Waals surface area contributed by atoms with Gasteiger partial charge in [-0.25, -0.2) is 4.98 Å². The summed E-state index contributed by atoms with van der Waals surface area (Å²) < 4.78 is 1.98. The van der Waals surface area contributed by atoms with Crippen molar-refractivity contribution in [2.75, 3.05) is 5.32 Å². The minimum atomic E-state index is -0.497. The largest absolute Gasteiger partial charge is 0.366 e. The minimum absolute atomic E-state index is 0.135. The zero-order valence-electron chi connectivity index (χ0n) is 13.9. The molecule has 0 radical (unpaired) electrons. The molecule has 3 N–H and O–H groups in total. The van der Waals surface area contributed by atoms with E-state index >= 15 is 0 Å². The summed E-state index contributed by atoms with van der Waals surface area (Å²) in [6, 6.07) is 14.3. The van der Waals surface area contributed by atoms with Crippen LogP contribution in [0.4, 0.5) is 5.69 Å². The number of fused-ring (bicyclic) bond motifs is 1. The standard InChI is InChI=1S/C18H18N4O2S/c1-11(17(24)20-13-9-7-12(8-10-13)16(19)23)25-18-21-14-5-3-4-6-15(14)22(18)2/h3-11H,1-2H3,(H2,19,23)(H,20,24). The van der Waals surface area contributed by atoms with Crippen LogP contribution in [-0.4, -0.2) is 26.6 Å². The summed E-state index contributed by atoms with van der Waals surface area (Å²) in [6.07, 6.45) is 0. The highest BCUT2D eigenvalue weighted by atomic mass is 32.2. The number of hydrogen-bond donors (Lipinski definition) is 2. The van der Waals surface area contributed by atoms with Gasteiger partial charge in [-0.05, 0) is 43.3 Å². The van der Waals surface area contributed by atoms with E-state index in [-0.39, 0.29) is 11.2 Å². The first kappa shape index (κ1) is 17.0. The SMILES string of the molecule is CC(Sc1nc2ccccc2n1C)C(=O)Nc1ccc(C(N)=O)cc1. The number of carbonyl (C=O) groups is 2. The van der Waals surface area contributed by atoms with Crippen molar-refractivity contribution in [3.8, 4) is 0 Å². The number of primary amides is 1. The average Bonchev–Trinajstić information content (AvgIpc) is 2.91. The fraction of sp³-hybridized carbons (Fsp3) is 0.167. The van der Waals surface area contributed by atoms with Crippen LogP contribution in [0.3, 0.4) is 0 Å². The van der Waals surface area contributed by atoms with Crippen LogP contribution in [0.15, 0.2) is 53.7 Å². The van der Waals surface area contributed by atoms with Crippen molar-refractivity contribution in [2.45, 2.75) is 17.3 Å². The molecule has 1 heterocycles. The Hall–Kier alpha value is -2.80. The molecule has 0 saturated heterocycles. The van der Waals surface area contributed by atoms with E-state index in [1.165, 1.54) is 11.8 Å². The number of para-hydroxylation sites is 2. The molecule has 0 bridgehead atoms. The van der Waals surface area contributed by atoms with Crippen LogP contribution in [0.25, 0.3) is 11.0 Å².